The molecular weight excluding hydrogens is 184 g/mol. The van der Waals surface area contributed by atoms with E-state index in [1.807, 2.05) is 0 Å². The maximum absolute atomic E-state index is 3.67. The summed E-state index contributed by atoms with van der Waals surface area (Å²) in [5.41, 5.74) is 3.10. The molecule has 0 aliphatic carbocycles. The predicted molar refractivity (Wildman–Crippen MR) is 61.9 cm³/mol. The van der Waals surface area contributed by atoms with Crippen LogP contribution in [0, 0.1) is 0 Å². The minimum Gasteiger partial charge on any atom is -0.308 e. The number of benzene rings is 1. The van der Waals surface area contributed by atoms with Crippen molar-refractivity contribution in [3.8, 4) is 0 Å². The first-order valence-electron chi connectivity index (χ1n) is 5.84. The smallest absolute Gasteiger partial charge is 0.0267 e. The molecule has 2 aliphatic rings. The molecule has 1 fully saturated rings. The molecule has 2 aliphatic heterocycles. The number of rotatable bonds is 0. The number of nitrogens with one attached hydrogen (secondary N) is 1. The van der Waals surface area contributed by atoms with Gasteiger partial charge < -0.3 is 10.2 Å². The van der Waals surface area contributed by atoms with E-state index in [1.165, 1.54) is 25.1 Å². The highest BCUT2D eigenvalue weighted by Crippen LogP contribution is 2.33. The Morgan fingerprint density at radius 3 is 3.13 bits per heavy atom. The molecule has 2 unspecified atom stereocenters. The van der Waals surface area contributed by atoms with E-state index in [0.29, 0.717) is 6.04 Å². The fraction of sp³-hybridized carbons (Fsp3) is 0.538. The number of piperidine rings is 1. The Morgan fingerprint density at radius 2 is 2.20 bits per heavy atom. The molecule has 0 radical (unpaired) electrons. The molecule has 15 heavy (non-hydrogen) atoms. The molecular formula is C13H18N2. The van der Waals surface area contributed by atoms with Crippen molar-refractivity contribution < 1.29 is 0 Å². The van der Waals surface area contributed by atoms with Crippen LogP contribution in [0.5, 0.6) is 0 Å². The standard InChI is InChI=1S/C13H18N2/c1-15-7-6-12-11-5-3-2-4-10(11)8-14-13(12)9-15/h2-5,12-14H,6-9H2,1H3. The summed E-state index contributed by atoms with van der Waals surface area (Å²) >= 11 is 0. The van der Waals surface area contributed by atoms with Crippen LogP contribution in [0.15, 0.2) is 24.3 Å². The summed E-state index contributed by atoms with van der Waals surface area (Å²) in [6.45, 7) is 3.47. The molecule has 0 bridgehead atoms. The SMILES string of the molecule is CN1CCC2c3ccccc3CNC2C1. The van der Waals surface area contributed by atoms with Crippen molar-refractivity contribution in [3.63, 3.8) is 0 Å². The number of likely N-dealkylation sites (tertiary alicyclic amines) is 1. The minimum absolute atomic E-state index is 0.665. The largest absolute Gasteiger partial charge is 0.308 e. The monoisotopic (exact) mass is 202 g/mol. The van der Waals surface area contributed by atoms with Gasteiger partial charge in [0, 0.05) is 25.0 Å². The Hall–Kier alpha value is -0.860. The first kappa shape index (κ1) is 9.37. The van der Waals surface area contributed by atoms with Crippen LogP contribution >= 0.6 is 0 Å². The molecule has 2 heterocycles. The van der Waals surface area contributed by atoms with E-state index >= 15 is 0 Å². The topological polar surface area (TPSA) is 15.3 Å². The van der Waals surface area contributed by atoms with E-state index < -0.39 is 0 Å². The lowest BCUT2D eigenvalue weighted by Crippen LogP contribution is -2.50. The third kappa shape index (κ3) is 1.58. The van der Waals surface area contributed by atoms with E-state index in [-0.39, 0.29) is 0 Å². The summed E-state index contributed by atoms with van der Waals surface area (Å²) in [6.07, 6.45) is 1.30. The van der Waals surface area contributed by atoms with E-state index in [2.05, 4.69) is 41.5 Å². The molecule has 1 saturated heterocycles. The van der Waals surface area contributed by atoms with E-state index in [0.717, 1.165) is 12.5 Å². The van der Waals surface area contributed by atoms with Crippen molar-refractivity contribution in [2.75, 3.05) is 20.1 Å². The number of hydrogen-bond acceptors (Lipinski definition) is 2. The average Bonchev–Trinajstić information content (AvgIpc) is 2.28. The summed E-state index contributed by atoms with van der Waals surface area (Å²) < 4.78 is 0. The molecule has 0 amide bonds. The van der Waals surface area contributed by atoms with Gasteiger partial charge in [0.05, 0.1) is 0 Å². The zero-order chi connectivity index (χ0) is 10.3. The minimum atomic E-state index is 0.665. The van der Waals surface area contributed by atoms with Gasteiger partial charge in [0.15, 0.2) is 0 Å². The zero-order valence-electron chi connectivity index (χ0n) is 9.24. The van der Waals surface area contributed by atoms with Crippen molar-refractivity contribution in [1.82, 2.24) is 10.2 Å². The van der Waals surface area contributed by atoms with Crippen LogP contribution in [-0.2, 0) is 6.54 Å². The molecule has 0 saturated carbocycles. The highest BCUT2D eigenvalue weighted by atomic mass is 15.1. The van der Waals surface area contributed by atoms with E-state index in [9.17, 15) is 0 Å². The van der Waals surface area contributed by atoms with Crippen molar-refractivity contribution in [2.45, 2.75) is 24.9 Å². The lowest BCUT2D eigenvalue weighted by atomic mass is 9.80. The molecule has 1 N–H and O–H groups in total. The maximum Gasteiger partial charge on any atom is 0.0267 e. The van der Waals surface area contributed by atoms with Gasteiger partial charge in [0.25, 0.3) is 0 Å². The van der Waals surface area contributed by atoms with E-state index in [4.69, 9.17) is 0 Å². The maximum atomic E-state index is 3.67. The first-order chi connectivity index (χ1) is 7.34. The third-order valence-corrected chi connectivity index (χ3v) is 3.83. The van der Waals surface area contributed by atoms with Crippen molar-refractivity contribution in [3.05, 3.63) is 35.4 Å². The quantitative estimate of drug-likeness (QED) is 0.687. The fourth-order valence-corrected chi connectivity index (χ4v) is 2.99. The fourth-order valence-electron chi connectivity index (χ4n) is 2.99. The molecule has 3 rings (SSSR count). The van der Waals surface area contributed by atoms with Crippen LogP contribution in [0.2, 0.25) is 0 Å². The lowest BCUT2D eigenvalue weighted by Gasteiger charge is -2.41. The summed E-state index contributed by atoms with van der Waals surface area (Å²) in [6, 6.07) is 9.57. The van der Waals surface area contributed by atoms with Crippen LogP contribution < -0.4 is 5.32 Å². The summed E-state index contributed by atoms with van der Waals surface area (Å²) in [7, 11) is 2.22. The number of nitrogens with zero attached hydrogens (tertiary/aromatic N) is 1. The van der Waals surface area contributed by atoms with Crippen molar-refractivity contribution in [2.24, 2.45) is 0 Å². The van der Waals surface area contributed by atoms with E-state index in [1.54, 1.807) is 5.56 Å². The van der Waals surface area contributed by atoms with Gasteiger partial charge in [0.1, 0.15) is 0 Å². The van der Waals surface area contributed by atoms with Crippen LogP contribution in [0.3, 0.4) is 0 Å². The number of fused-ring (bicyclic) bond motifs is 3. The predicted octanol–water partition coefficient (Wildman–Crippen LogP) is 1.58. The molecule has 2 nitrogen and oxygen atoms in total. The second-order valence-electron chi connectivity index (χ2n) is 4.84. The van der Waals surface area contributed by atoms with Gasteiger partial charge in [-0.1, -0.05) is 24.3 Å². The normalized spacial score (nSPS) is 30.7. The molecule has 1 aromatic rings. The Balaban J connectivity index is 1.93. The third-order valence-electron chi connectivity index (χ3n) is 3.83. The van der Waals surface area contributed by atoms with Crippen LogP contribution in [-0.4, -0.2) is 31.1 Å². The average molecular weight is 202 g/mol. The number of likely N-dealkylation sites (N-methyl/N-ethyl adjacent to an activating group) is 1. The van der Waals surface area contributed by atoms with Gasteiger partial charge in [-0.15, -0.1) is 0 Å². The summed E-state index contributed by atoms with van der Waals surface area (Å²) in [5.74, 6) is 0.742. The van der Waals surface area contributed by atoms with Crippen molar-refractivity contribution in [1.29, 1.82) is 0 Å². The second-order valence-corrected chi connectivity index (χ2v) is 4.84. The van der Waals surface area contributed by atoms with Gasteiger partial charge in [-0.25, -0.2) is 0 Å². The summed E-state index contributed by atoms with van der Waals surface area (Å²) in [5, 5.41) is 3.67. The second kappa shape index (κ2) is 3.62. The molecule has 0 aromatic heterocycles. The van der Waals surface area contributed by atoms with Crippen LogP contribution in [0.25, 0.3) is 0 Å². The Labute approximate surface area is 91.3 Å². The first-order valence-corrected chi connectivity index (χ1v) is 5.84. The Bertz CT molecular complexity index is 361. The van der Waals surface area contributed by atoms with Gasteiger partial charge in [0.2, 0.25) is 0 Å². The van der Waals surface area contributed by atoms with Gasteiger partial charge in [-0.2, -0.15) is 0 Å². The highest BCUT2D eigenvalue weighted by molar-refractivity contribution is 5.34. The molecule has 2 heteroatoms. The lowest BCUT2D eigenvalue weighted by molar-refractivity contribution is 0.194. The molecule has 2 atom stereocenters. The molecule has 0 spiro atoms. The van der Waals surface area contributed by atoms with Gasteiger partial charge in [-0.3, -0.25) is 0 Å². The Kier molecular flexibility index (Phi) is 2.26. The van der Waals surface area contributed by atoms with Crippen LogP contribution in [0.1, 0.15) is 23.5 Å². The van der Waals surface area contributed by atoms with Gasteiger partial charge in [-0.05, 0) is 31.1 Å². The summed E-state index contributed by atoms with van der Waals surface area (Å²) in [4.78, 5) is 2.43. The highest BCUT2D eigenvalue weighted by Gasteiger charge is 2.32. The number of hydrogen-bond donors (Lipinski definition) is 1. The zero-order valence-corrected chi connectivity index (χ0v) is 9.24. The molecule has 80 valence electrons. The van der Waals surface area contributed by atoms with Crippen molar-refractivity contribution >= 4 is 0 Å². The van der Waals surface area contributed by atoms with Gasteiger partial charge >= 0.3 is 0 Å². The Morgan fingerprint density at radius 1 is 1.33 bits per heavy atom. The molecule has 1 aromatic carbocycles. The van der Waals surface area contributed by atoms with Crippen LogP contribution in [0.4, 0.5) is 0 Å².